The fourth-order valence-corrected chi connectivity index (χ4v) is 1.33. The molecule has 5 heteroatoms. The highest BCUT2D eigenvalue weighted by Gasteiger charge is 2.06. The van der Waals surface area contributed by atoms with E-state index in [1.165, 1.54) is 9.36 Å². The van der Waals surface area contributed by atoms with Crippen molar-refractivity contribution >= 4 is 0 Å². The standard InChI is InChI=1S/C11H12N4O/c1-2-3-9-14-11(16)15(13-12-14)10-7-5-4-6-8-10/h2-8H,9H2,1H3. The van der Waals surface area contributed by atoms with E-state index in [4.69, 9.17) is 0 Å². The largest absolute Gasteiger partial charge is 0.368 e. The van der Waals surface area contributed by atoms with E-state index in [1.807, 2.05) is 49.4 Å². The van der Waals surface area contributed by atoms with Gasteiger partial charge in [0.05, 0.1) is 12.2 Å². The molecule has 0 aliphatic heterocycles. The van der Waals surface area contributed by atoms with Gasteiger partial charge in [0.15, 0.2) is 0 Å². The van der Waals surface area contributed by atoms with E-state index < -0.39 is 0 Å². The second kappa shape index (κ2) is 4.57. The number of benzene rings is 1. The molecule has 5 nitrogen and oxygen atoms in total. The molecule has 1 aromatic heterocycles. The maximum atomic E-state index is 11.8. The Morgan fingerprint density at radius 3 is 2.69 bits per heavy atom. The first-order valence-electron chi connectivity index (χ1n) is 5.02. The summed E-state index contributed by atoms with van der Waals surface area (Å²) in [5.74, 6) is 0. The third-order valence-corrected chi connectivity index (χ3v) is 2.15. The molecule has 0 aliphatic carbocycles. The predicted octanol–water partition coefficient (Wildman–Crippen LogP) is 1.01. The van der Waals surface area contributed by atoms with Crippen LogP contribution >= 0.6 is 0 Å². The smallest absolute Gasteiger partial charge is 0.244 e. The van der Waals surface area contributed by atoms with Crippen LogP contribution in [0.2, 0.25) is 0 Å². The topological polar surface area (TPSA) is 52.7 Å². The molecule has 1 heterocycles. The minimum atomic E-state index is -0.232. The van der Waals surface area contributed by atoms with Crippen LogP contribution in [-0.4, -0.2) is 19.8 Å². The number of aromatic nitrogens is 4. The highest BCUT2D eigenvalue weighted by Crippen LogP contribution is 2.00. The Morgan fingerprint density at radius 2 is 2.00 bits per heavy atom. The van der Waals surface area contributed by atoms with E-state index in [0.717, 1.165) is 5.69 Å². The first kappa shape index (κ1) is 10.4. The molecule has 82 valence electrons. The monoisotopic (exact) mass is 216 g/mol. The third-order valence-electron chi connectivity index (χ3n) is 2.15. The number of tetrazole rings is 1. The second-order valence-electron chi connectivity index (χ2n) is 3.26. The quantitative estimate of drug-likeness (QED) is 0.719. The first-order valence-corrected chi connectivity index (χ1v) is 5.02. The van der Waals surface area contributed by atoms with Gasteiger partial charge in [0.25, 0.3) is 0 Å². The molecule has 0 saturated carbocycles. The molecule has 0 spiro atoms. The van der Waals surface area contributed by atoms with Gasteiger partial charge in [0.2, 0.25) is 0 Å². The van der Waals surface area contributed by atoms with Crippen LogP contribution < -0.4 is 5.69 Å². The molecule has 0 bridgehead atoms. The predicted molar refractivity (Wildman–Crippen MR) is 60.4 cm³/mol. The van der Waals surface area contributed by atoms with Crippen LogP contribution in [0.15, 0.2) is 47.3 Å². The zero-order valence-electron chi connectivity index (χ0n) is 8.95. The van der Waals surface area contributed by atoms with E-state index in [0.29, 0.717) is 6.54 Å². The molecule has 2 aromatic rings. The van der Waals surface area contributed by atoms with Crippen LogP contribution in [0.4, 0.5) is 0 Å². The summed E-state index contributed by atoms with van der Waals surface area (Å²) in [6.45, 7) is 2.34. The minimum absolute atomic E-state index is 0.232. The fourth-order valence-electron chi connectivity index (χ4n) is 1.33. The molecule has 0 N–H and O–H groups in total. The van der Waals surface area contributed by atoms with Crippen molar-refractivity contribution in [3.05, 3.63) is 53.0 Å². The van der Waals surface area contributed by atoms with Crippen LogP contribution in [0.1, 0.15) is 6.92 Å². The Kier molecular flexibility index (Phi) is 2.95. The van der Waals surface area contributed by atoms with Crippen LogP contribution in [0.3, 0.4) is 0 Å². The Balaban J connectivity index is 2.38. The molecule has 0 saturated heterocycles. The molecule has 0 aliphatic rings. The zero-order valence-corrected chi connectivity index (χ0v) is 8.95. The maximum absolute atomic E-state index is 11.8. The van der Waals surface area contributed by atoms with Gasteiger partial charge in [-0.15, -0.1) is 0 Å². The lowest BCUT2D eigenvalue weighted by Gasteiger charge is -1.95. The summed E-state index contributed by atoms with van der Waals surface area (Å²) in [6, 6.07) is 9.23. The van der Waals surface area contributed by atoms with Gasteiger partial charge in [-0.05, 0) is 29.5 Å². The van der Waals surface area contributed by atoms with Gasteiger partial charge >= 0.3 is 5.69 Å². The lowest BCUT2D eigenvalue weighted by atomic mass is 10.3. The van der Waals surface area contributed by atoms with Crippen molar-refractivity contribution in [2.45, 2.75) is 13.5 Å². The van der Waals surface area contributed by atoms with Gasteiger partial charge in [-0.3, -0.25) is 0 Å². The molecular formula is C11H12N4O. The third kappa shape index (κ3) is 1.93. The van der Waals surface area contributed by atoms with Crippen LogP contribution in [-0.2, 0) is 6.54 Å². The summed E-state index contributed by atoms with van der Waals surface area (Å²) in [6.07, 6.45) is 3.72. The van der Waals surface area contributed by atoms with Crippen molar-refractivity contribution in [2.75, 3.05) is 0 Å². The van der Waals surface area contributed by atoms with E-state index in [9.17, 15) is 4.79 Å². The molecule has 0 atom stereocenters. The number of hydrogen-bond donors (Lipinski definition) is 0. The van der Waals surface area contributed by atoms with Crippen molar-refractivity contribution in [1.82, 2.24) is 19.8 Å². The Morgan fingerprint density at radius 1 is 1.25 bits per heavy atom. The fraction of sp³-hybridized carbons (Fsp3) is 0.182. The average Bonchev–Trinajstić information content (AvgIpc) is 2.69. The van der Waals surface area contributed by atoms with Crippen LogP contribution in [0.25, 0.3) is 5.69 Å². The lowest BCUT2D eigenvalue weighted by molar-refractivity contribution is 0.643. The number of hydrogen-bond acceptors (Lipinski definition) is 3. The number of allylic oxidation sites excluding steroid dienone is 2. The summed E-state index contributed by atoms with van der Waals surface area (Å²) in [7, 11) is 0. The highest BCUT2D eigenvalue weighted by atomic mass is 16.2. The Hall–Kier alpha value is -2.17. The van der Waals surface area contributed by atoms with Gasteiger partial charge in [-0.25, -0.2) is 4.79 Å². The minimum Gasteiger partial charge on any atom is -0.244 e. The van der Waals surface area contributed by atoms with Gasteiger partial charge in [-0.1, -0.05) is 30.4 Å². The van der Waals surface area contributed by atoms with Gasteiger partial charge in [0.1, 0.15) is 0 Å². The van der Waals surface area contributed by atoms with E-state index in [-0.39, 0.29) is 5.69 Å². The normalized spacial score (nSPS) is 11.1. The summed E-state index contributed by atoms with van der Waals surface area (Å²) in [5.41, 5.74) is 0.489. The maximum Gasteiger partial charge on any atom is 0.368 e. The molecule has 1 aromatic carbocycles. The SMILES string of the molecule is CC=CCn1nnn(-c2ccccc2)c1=O. The van der Waals surface area contributed by atoms with E-state index in [2.05, 4.69) is 10.4 Å². The van der Waals surface area contributed by atoms with E-state index in [1.54, 1.807) is 0 Å². The highest BCUT2D eigenvalue weighted by molar-refractivity contribution is 5.28. The Bertz CT molecular complexity index is 539. The van der Waals surface area contributed by atoms with Gasteiger partial charge < -0.3 is 0 Å². The van der Waals surface area contributed by atoms with Crippen molar-refractivity contribution in [3.8, 4) is 5.69 Å². The van der Waals surface area contributed by atoms with Gasteiger partial charge in [0, 0.05) is 0 Å². The molecular weight excluding hydrogens is 204 g/mol. The van der Waals surface area contributed by atoms with Crippen LogP contribution in [0, 0.1) is 0 Å². The number of para-hydroxylation sites is 1. The zero-order chi connectivity index (χ0) is 11.4. The summed E-state index contributed by atoms with van der Waals surface area (Å²) in [5, 5.41) is 7.62. The van der Waals surface area contributed by atoms with Crippen molar-refractivity contribution < 1.29 is 0 Å². The first-order chi connectivity index (χ1) is 7.83. The van der Waals surface area contributed by atoms with E-state index >= 15 is 0 Å². The molecule has 2 rings (SSSR count). The molecule has 0 unspecified atom stereocenters. The van der Waals surface area contributed by atoms with Crippen molar-refractivity contribution in [3.63, 3.8) is 0 Å². The summed E-state index contributed by atoms with van der Waals surface area (Å²) < 4.78 is 2.59. The average molecular weight is 216 g/mol. The van der Waals surface area contributed by atoms with Gasteiger partial charge in [-0.2, -0.15) is 9.36 Å². The van der Waals surface area contributed by atoms with Crippen LogP contribution in [0.5, 0.6) is 0 Å². The molecule has 16 heavy (non-hydrogen) atoms. The lowest BCUT2D eigenvalue weighted by Crippen LogP contribution is -2.23. The Labute approximate surface area is 92.6 Å². The molecule has 0 amide bonds. The second-order valence-corrected chi connectivity index (χ2v) is 3.26. The molecule has 0 fully saturated rings. The molecule has 0 radical (unpaired) electrons. The summed E-state index contributed by atoms with van der Waals surface area (Å²) >= 11 is 0. The number of nitrogens with zero attached hydrogens (tertiary/aromatic N) is 4. The van der Waals surface area contributed by atoms with Crippen molar-refractivity contribution in [2.24, 2.45) is 0 Å². The van der Waals surface area contributed by atoms with Crippen molar-refractivity contribution in [1.29, 1.82) is 0 Å². The number of rotatable bonds is 3. The summed E-state index contributed by atoms with van der Waals surface area (Å²) in [4.78, 5) is 11.8.